The Hall–Kier alpha value is -2.93. The van der Waals surface area contributed by atoms with Crippen LogP contribution in [0, 0.1) is 6.92 Å². The number of rotatable bonds is 4. The quantitative estimate of drug-likeness (QED) is 0.871. The van der Waals surface area contributed by atoms with E-state index in [2.05, 4.69) is 20.5 Å². The molecule has 1 aromatic carbocycles. The zero-order valence-corrected chi connectivity index (χ0v) is 15.7. The van der Waals surface area contributed by atoms with Crippen molar-refractivity contribution in [3.05, 3.63) is 53.9 Å². The molecule has 2 aromatic rings. The van der Waals surface area contributed by atoms with Crippen molar-refractivity contribution in [2.24, 2.45) is 0 Å². The Balaban J connectivity index is 1.54. The maximum atomic E-state index is 12.6. The summed E-state index contributed by atoms with van der Waals surface area (Å²) < 4.78 is 0. The van der Waals surface area contributed by atoms with Crippen molar-refractivity contribution in [1.82, 2.24) is 14.8 Å². The van der Waals surface area contributed by atoms with E-state index in [1.54, 1.807) is 18.5 Å². The number of carbonyl (C=O) groups excluding carboxylic acids is 2. The molecule has 0 spiro atoms. The zero-order chi connectivity index (χ0) is 19.2. The number of carbonyl (C=O) groups is 2. The molecule has 0 bridgehead atoms. The number of anilines is 2. The van der Waals surface area contributed by atoms with Crippen molar-refractivity contribution in [2.45, 2.75) is 20.4 Å². The fourth-order valence-electron chi connectivity index (χ4n) is 3.09. The van der Waals surface area contributed by atoms with Crippen LogP contribution in [0.4, 0.5) is 16.2 Å². The molecule has 1 fully saturated rings. The highest BCUT2D eigenvalue weighted by Gasteiger charge is 2.21. The molecule has 0 saturated carbocycles. The lowest BCUT2D eigenvalue weighted by Gasteiger charge is -2.34. The maximum absolute atomic E-state index is 12.6. The van der Waals surface area contributed by atoms with E-state index < -0.39 is 0 Å². The number of nitrogens with zero attached hydrogens (tertiary/aromatic N) is 3. The molecule has 142 valence electrons. The zero-order valence-electron chi connectivity index (χ0n) is 15.7. The Kier molecular flexibility index (Phi) is 6.03. The summed E-state index contributed by atoms with van der Waals surface area (Å²) in [6.07, 6.45) is 3.60. The molecule has 1 aliphatic heterocycles. The second kappa shape index (κ2) is 8.64. The van der Waals surface area contributed by atoms with Gasteiger partial charge >= 0.3 is 6.03 Å². The Morgan fingerprint density at radius 3 is 2.41 bits per heavy atom. The van der Waals surface area contributed by atoms with Gasteiger partial charge in [0.1, 0.15) is 0 Å². The van der Waals surface area contributed by atoms with Gasteiger partial charge in [-0.05, 0) is 42.3 Å². The van der Waals surface area contributed by atoms with Gasteiger partial charge < -0.3 is 15.5 Å². The molecule has 3 amide bonds. The summed E-state index contributed by atoms with van der Waals surface area (Å²) in [5.41, 5.74) is 3.57. The normalized spacial score (nSPS) is 14.7. The Morgan fingerprint density at radius 2 is 1.74 bits per heavy atom. The number of benzene rings is 1. The van der Waals surface area contributed by atoms with Crippen molar-refractivity contribution in [1.29, 1.82) is 0 Å². The van der Waals surface area contributed by atoms with E-state index in [0.717, 1.165) is 25.2 Å². The molecule has 1 aromatic heterocycles. The van der Waals surface area contributed by atoms with Crippen LogP contribution < -0.4 is 10.6 Å². The summed E-state index contributed by atoms with van der Waals surface area (Å²) in [6, 6.07) is 9.42. The van der Waals surface area contributed by atoms with Gasteiger partial charge in [0.15, 0.2) is 0 Å². The van der Waals surface area contributed by atoms with E-state index in [1.165, 1.54) is 12.5 Å². The summed E-state index contributed by atoms with van der Waals surface area (Å²) in [4.78, 5) is 32.0. The van der Waals surface area contributed by atoms with E-state index in [4.69, 9.17) is 0 Å². The summed E-state index contributed by atoms with van der Waals surface area (Å²) in [6.45, 7) is 7.29. The first kappa shape index (κ1) is 18.8. The fraction of sp³-hybridized carbons (Fsp3) is 0.350. The lowest BCUT2D eigenvalue weighted by atomic mass is 10.1. The third-order valence-corrected chi connectivity index (χ3v) is 4.61. The molecule has 0 atom stereocenters. The molecule has 2 N–H and O–H groups in total. The highest BCUT2D eigenvalue weighted by molar-refractivity contribution is 5.93. The van der Waals surface area contributed by atoms with Gasteiger partial charge in [0.25, 0.3) is 0 Å². The van der Waals surface area contributed by atoms with Crippen LogP contribution in [0.3, 0.4) is 0 Å². The van der Waals surface area contributed by atoms with E-state index >= 15 is 0 Å². The lowest BCUT2D eigenvalue weighted by molar-refractivity contribution is -0.114. The highest BCUT2D eigenvalue weighted by atomic mass is 16.2. The van der Waals surface area contributed by atoms with Crippen LogP contribution in [0.5, 0.6) is 0 Å². The van der Waals surface area contributed by atoms with Crippen LogP contribution in [-0.4, -0.2) is 52.9 Å². The average molecular weight is 367 g/mol. The second-order valence-corrected chi connectivity index (χ2v) is 6.76. The number of hydrogen-bond donors (Lipinski definition) is 2. The topological polar surface area (TPSA) is 77.6 Å². The predicted molar refractivity (Wildman–Crippen MR) is 106 cm³/mol. The summed E-state index contributed by atoms with van der Waals surface area (Å²) in [5.74, 6) is -0.138. The van der Waals surface area contributed by atoms with Crippen molar-refractivity contribution in [3.63, 3.8) is 0 Å². The molecular weight excluding hydrogens is 342 g/mol. The van der Waals surface area contributed by atoms with Gasteiger partial charge in [-0.1, -0.05) is 6.07 Å². The van der Waals surface area contributed by atoms with Crippen LogP contribution in [0.2, 0.25) is 0 Å². The van der Waals surface area contributed by atoms with Crippen LogP contribution in [0.25, 0.3) is 0 Å². The van der Waals surface area contributed by atoms with Gasteiger partial charge in [0, 0.05) is 63.4 Å². The predicted octanol–water partition coefficient (Wildman–Crippen LogP) is 2.70. The SMILES string of the molecule is CC(=O)Nc1ccc(C)c(NC(=O)N2CCN(Cc3ccncc3)CC2)c1. The number of amides is 3. The number of aryl methyl sites for hydroxylation is 1. The van der Waals surface area contributed by atoms with Gasteiger partial charge in [-0.2, -0.15) is 0 Å². The van der Waals surface area contributed by atoms with E-state index in [9.17, 15) is 9.59 Å². The Bertz CT molecular complexity index is 801. The first-order chi connectivity index (χ1) is 13.0. The van der Waals surface area contributed by atoms with Gasteiger partial charge in [0.05, 0.1) is 0 Å². The number of nitrogens with one attached hydrogen (secondary N) is 2. The molecule has 0 radical (unpaired) electrons. The smallest absolute Gasteiger partial charge is 0.321 e. The van der Waals surface area contributed by atoms with E-state index in [1.807, 2.05) is 36.1 Å². The van der Waals surface area contributed by atoms with Crippen molar-refractivity contribution in [2.75, 3.05) is 36.8 Å². The Labute approximate surface area is 159 Å². The van der Waals surface area contributed by atoms with Crippen molar-refractivity contribution < 1.29 is 9.59 Å². The Morgan fingerprint density at radius 1 is 1.04 bits per heavy atom. The van der Waals surface area contributed by atoms with Gasteiger partial charge in [-0.25, -0.2) is 4.79 Å². The lowest BCUT2D eigenvalue weighted by Crippen LogP contribution is -2.49. The molecule has 27 heavy (non-hydrogen) atoms. The summed E-state index contributed by atoms with van der Waals surface area (Å²) >= 11 is 0. The molecule has 1 saturated heterocycles. The van der Waals surface area contributed by atoms with Gasteiger partial charge in [-0.3, -0.25) is 14.7 Å². The van der Waals surface area contributed by atoms with Crippen molar-refractivity contribution >= 4 is 23.3 Å². The van der Waals surface area contributed by atoms with Gasteiger partial charge in [-0.15, -0.1) is 0 Å². The average Bonchev–Trinajstić information content (AvgIpc) is 2.65. The first-order valence-corrected chi connectivity index (χ1v) is 9.06. The minimum absolute atomic E-state index is 0.110. The van der Waals surface area contributed by atoms with Crippen LogP contribution >= 0.6 is 0 Å². The molecule has 1 aliphatic rings. The summed E-state index contributed by atoms with van der Waals surface area (Å²) in [5, 5.41) is 5.71. The molecule has 0 unspecified atom stereocenters. The summed E-state index contributed by atoms with van der Waals surface area (Å²) in [7, 11) is 0. The third-order valence-electron chi connectivity index (χ3n) is 4.61. The minimum atomic E-state index is -0.138. The van der Waals surface area contributed by atoms with E-state index in [-0.39, 0.29) is 11.9 Å². The third kappa shape index (κ3) is 5.27. The number of aromatic nitrogens is 1. The second-order valence-electron chi connectivity index (χ2n) is 6.76. The highest BCUT2D eigenvalue weighted by Crippen LogP contribution is 2.21. The standard InChI is InChI=1S/C20H25N5O2/c1-15-3-4-18(22-16(2)26)13-19(15)23-20(27)25-11-9-24(10-12-25)14-17-5-7-21-8-6-17/h3-8,13H,9-12,14H2,1-2H3,(H,22,26)(H,23,27). The monoisotopic (exact) mass is 367 g/mol. The maximum Gasteiger partial charge on any atom is 0.321 e. The largest absolute Gasteiger partial charge is 0.326 e. The van der Waals surface area contributed by atoms with Crippen LogP contribution in [-0.2, 0) is 11.3 Å². The minimum Gasteiger partial charge on any atom is -0.326 e. The molecule has 0 aliphatic carbocycles. The number of urea groups is 1. The van der Waals surface area contributed by atoms with Gasteiger partial charge in [0.2, 0.25) is 5.91 Å². The molecular formula is C20H25N5O2. The molecule has 3 rings (SSSR count). The molecule has 7 heteroatoms. The molecule has 7 nitrogen and oxygen atoms in total. The first-order valence-electron chi connectivity index (χ1n) is 9.06. The number of pyridine rings is 1. The van der Waals surface area contributed by atoms with Crippen LogP contribution in [0.1, 0.15) is 18.1 Å². The molecule has 2 heterocycles. The number of hydrogen-bond acceptors (Lipinski definition) is 4. The van der Waals surface area contributed by atoms with Crippen LogP contribution in [0.15, 0.2) is 42.7 Å². The van der Waals surface area contributed by atoms with E-state index in [0.29, 0.717) is 24.5 Å². The van der Waals surface area contributed by atoms with Crippen molar-refractivity contribution in [3.8, 4) is 0 Å². The fourth-order valence-corrected chi connectivity index (χ4v) is 3.09. The number of piperazine rings is 1.